The standard InChI is InChI=1S/C20H22N4O3/c1-14(19(26)21-12-15-8-4-3-5-9-15)22-18(25)13-24-17-11-7-6-10-16(17)23(2)20(24)27/h3-11,14H,12-13H2,1-2H3,(H,21,26)(H,22,25)/t14-/m0/s1. The van der Waals surface area contributed by atoms with Gasteiger partial charge in [0.15, 0.2) is 0 Å². The second-order valence-corrected chi connectivity index (χ2v) is 6.41. The molecular weight excluding hydrogens is 344 g/mol. The van der Waals surface area contributed by atoms with Crippen molar-refractivity contribution in [1.29, 1.82) is 0 Å². The lowest BCUT2D eigenvalue weighted by Crippen LogP contribution is -2.46. The number of nitrogens with zero attached hydrogens (tertiary/aromatic N) is 2. The Morgan fingerprint density at radius 3 is 2.33 bits per heavy atom. The summed E-state index contributed by atoms with van der Waals surface area (Å²) in [6, 6.07) is 16.1. The lowest BCUT2D eigenvalue weighted by atomic mass is 10.2. The molecule has 1 atom stereocenters. The maximum absolute atomic E-state index is 12.4. The van der Waals surface area contributed by atoms with Gasteiger partial charge in [0.25, 0.3) is 0 Å². The van der Waals surface area contributed by atoms with Gasteiger partial charge in [-0.15, -0.1) is 0 Å². The smallest absolute Gasteiger partial charge is 0.329 e. The third-order valence-corrected chi connectivity index (χ3v) is 4.43. The van der Waals surface area contributed by atoms with Crippen molar-refractivity contribution in [2.24, 2.45) is 7.05 Å². The number of rotatable bonds is 6. The molecule has 0 bridgehead atoms. The van der Waals surface area contributed by atoms with Gasteiger partial charge in [-0.1, -0.05) is 42.5 Å². The zero-order valence-corrected chi connectivity index (χ0v) is 15.3. The average Bonchev–Trinajstić information content (AvgIpc) is 2.92. The number of benzene rings is 2. The average molecular weight is 366 g/mol. The Kier molecular flexibility index (Phi) is 5.40. The Morgan fingerprint density at radius 2 is 1.63 bits per heavy atom. The molecule has 27 heavy (non-hydrogen) atoms. The van der Waals surface area contributed by atoms with Crippen LogP contribution in [0.15, 0.2) is 59.4 Å². The van der Waals surface area contributed by atoms with Crippen molar-refractivity contribution in [3.05, 3.63) is 70.6 Å². The van der Waals surface area contributed by atoms with E-state index in [0.717, 1.165) is 11.1 Å². The van der Waals surface area contributed by atoms with Gasteiger partial charge in [0.1, 0.15) is 12.6 Å². The van der Waals surface area contributed by atoms with Gasteiger partial charge >= 0.3 is 5.69 Å². The van der Waals surface area contributed by atoms with Gasteiger partial charge in [-0.2, -0.15) is 0 Å². The molecule has 0 aliphatic rings. The molecule has 0 spiro atoms. The molecule has 1 aromatic heterocycles. The number of para-hydroxylation sites is 2. The monoisotopic (exact) mass is 366 g/mol. The van der Waals surface area contributed by atoms with Crippen LogP contribution >= 0.6 is 0 Å². The highest BCUT2D eigenvalue weighted by atomic mass is 16.2. The van der Waals surface area contributed by atoms with Gasteiger partial charge < -0.3 is 10.6 Å². The SMILES string of the molecule is C[C@H](NC(=O)Cn1c(=O)n(C)c2ccccc21)C(=O)NCc1ccccc1. The zero-order valence-electron chi connectivity index (χ0n) is 15.3. The molecule has 0 aliphatic heterocycles. The fourth-order valence-corrected chi connectivity index (χ4v) is 2.95. The molecule has 1 heterocycles. The lowest BCUT2D eigenvalue weighted by molar-refractivity contribution is -0.128. The molecule has 2 aromatic carbocycles. The van der Waals surface area contributed by atoms with E-state index in [1.165, 1.54) is 9.13 Å². The zero-order chi connectivity index (χ0) is 19.4. The first kappa shape index (κ1) is 18.4. The van der Waals surface area contributed by atoms with E-state index < -0.39 is 11.9 Å². The summed E-state index contributed by atoms with van der Waals surface area (Å²) in [4.78, 5) is 36.9. The number of amides is 2. The van der Waals surface area contributed by atoms with Crippen molar-refractivity contribution in [3.63, 3.8) is 0 Å². The predicted octanol–water partition coefficient (Wildman–Crippen LogP) is 1.16. The Labute approximate surface area is 156 Å². The van der Waals surface area contributed by atoms with Crippen LogP contribution in [0.25, 0.3) is 11.0 Å². The van der Waals surface area contributed by atoms with Gasteiger partial charge in [0.05, 0.1) is 11.0 Å². The normalized spacial score (nSPS) is 11.9. The lowest BCUT2D eigenvalue weighted by Gasteiger charge is -2.14. The van der Waals surface area contributed by atoms with E-state index in [4.69, 9.17) is 0 Å². The first-order valence-corrected chi connectivity index (χ1v) is 8.72. The number of fused-ring (bicyclic) bond motifs is 1. The van der Waals surface area contributed by atoms with Crippen molar-refractivity contribution < 1.29 is 9.59 Å². The highest BCUT2D eigenvalue weighted by molar-refractivity contribution is 5.88. The molecular formula is C20H22N4O3. The number of carbonyl (C=O) groups is 2. The molecule has 3 rings (SSSR count). The fourth-order valence-electron chi connectivity index (χ4n) is 2.95. The Bertz CT molecular complexity index is 1020. The van der Waals surface area contributed by atoms with Gasteiger partial charge in [-0.3, -0.25) is 18.7 Å². The summed E-state index contributed by atoms with van der Waals surface area (Å²) in [5, 5.41) is 5.43. The molecule has 2 amide bonds. The summed E-state index contributed by atoms with van der Waals surface area (Å²) in [5.74, 6) is -0.673. The van der Waals surface area contributed by atoms with E-state index in [1.54, 1.807) is 20.0 Å². The van der Waals surface area contributed by atoms with Crippen LogP contribution in [0.4, 0.5) is 0 Å². The molecule has 0 unspecified atom stereocenters. The van der Waals surface area contributed by atoms with E-state index in [2.05, 4.69) is 10.6 Å². The van der Waals surface area contributed by atoms with E-state index in [-0.39, 0.29) is 18.1 Å². The predicted molar refractivity (Wildman–Crippen MR) is 103 cm³/mol. The van der Waals surface area contributed by atoms with Crippen molar-refractivity contribution in [2.75, 3.05) is 0 Å². The van der Waals surface area contributed by atoms with Crippen molar-refractivity contribution in [1.82, 2.24) is 19.8 Å². The van der Waals surface area contributed by atoms with Crippen LogP contribution in [-0.2, 0) is 29.7 Å². The Hall–Kier alpha value is -3.35. The van der Waals surface area contributed by atoms with Crippen LogP contribution in [0, 0.1) is 0 Å². The number of nitrogens with one attached hydrogen (secondary N) is 2. The number of aromatic nitrogens is 2. The minimum absolute atomic E-state index is 0.142. The Balaban J connectivity index is 1.61. The van der Waals surface area contributed by atoms with E-state index in [1.807, 2.05) is 48.5 Å². The van der Waals surface area contributed by atoms with E-state index in [9.17, 15) is 14.4 Å². The van der Waals surface area contributed by atoms with Gasteiger partial charge in [-0.25, -0.2) is 4.79 Å². The fraction of sp³-hybridized carbons (Fsp3) is 0.250. The molecule has 3 aromatic rings. The molecule has 0 saturated carbocycles. The van der Waals surface area contributed by atoms with Crippen molar-refractivity contribution in [3.8, 4) is 0 Å². The second kappa shape index (κ2) is 7.90. The quantitative estimate of drug-likeness (QED) is 0.687. The van der Waals surface area contributed by atoms with Crippen LogP contribution in [0.5, 0.6) is 0 Å². The molecule has 0 saturated heterocycles. The maximum Gasteiger partial charge on any atom is 0.329 e. The van der Waals surface area contributed by atoms with Crippen molar-refractivity contribution in [2.45, 2.75) is 26.1 Å². The summed E-state index contributed by atoms with van der Waals surface area (Å²) in [6.07, 6.45) is 0. The first-order chi connectivity index (χ1) is 13.0. The third kappa shape index (κ3) is 4.08. The van der Waals surface area contributed by atoms with Crippen LogP contribution in [0.2, 0.25) is 0 Å². The van der Waals surface area contributed by atoms with Crippen molar-refractivity contribution >= 4 is 22.8 Å². The van der Waals surface area contributed by atoms with Gasteiger partial charge in [0.2, 0.25) is 11.8 Å². The van der Waals surface area contributed by atoms with E-state index >= 15 is 0 Å². The van der Waals surface area contributed by atoms with Crippen LogP contribution < -0.4 is 16.3 Å². The number of imidazole rings is 1. The molecule has 0 radical (unpaired) electrons. The maximum atomic E-state index is 12.4. The topological polar surface area (TPSA) is 85.1 Å². The van der Waals surface area contributed by atoms with E-state index in [0.29, 0.717) is 12.1 Å². The molecule has 0 aliphatic carbocycles. The molecule has 0 fully saturated rings. The highest BCUT2D eigenvalue weighted by Crippen LogP contribution is 2.11. The number of aryl methyl sites for hydroxylation is 1. The van der Waals surface area contributed by atoms with Gasteiger partial charge in [-0.05, 0) is 24.6 Å². The minimum atomic E-state index is -0.702. The van der Waals surface area contributed by atoms with Crippen LogP contribution in [0.1, 0.15) is 12.5 Å². The number of hydrogen-bond acceptors (Lipinski definition) is 3. The first-order valence-electron chi connectivity index (χ1n) is 8.72. The highest BCUT2D eigenvalue weighted by Gasteiger charge is 2.18. The molecule has 140 valence electrons. The van der Waals surface area contributed by atoms with Crippen LogP contribution in [-0.4, -0.2) is 27.0 Å². The third-order valence-electron chi connectivity index (χ3n) is 4.43. The molecule has 2 N–H and O–H groups in total. The summed E-state index contributed by atoms with van der Waals surface area (Å²) >= 11 is 0. The summed E-state index contributed by atoms with van der Waals surface area (Å²) in [5.41, 5.74) is 2.14. The molecule has 7 nitrogen and oxygen atoms in total. The molecule has 7 heteroatoms. The summed E-state index contributed by atoms with van der Waals surface area (Å²) in [7, 11) is 1.67. The number of carbonyl (C=O) groups excluding carboxylic acids is 2. The Morgan fingerprint density at radius 1 is 1.00 bits per heavy atom. The van der Waals surface area contributed by atoms with Gasteiger partial charge in [0, 0.05) is 13.6 Å². The number of hydrogen-bond donors (Lipinski definition) is 2. The largest absolute Gasteiger partial charge is 0.350 e. The summed E-state index contributed by atoms with van der Waals surface area (Å²) in [6.45, 7) is 1.86. The minimum Gasteiger partial charge on any atom is -0.350 e. The second-order valence-electron chi connectivity index (χ2n) is 6.41. The van der Waals surface area contributed by atoms with Crippen LogP contribution in [0.3, 0.4) is 0 Å². The summed E-state index contributed by atoms with van der Waals surface area (Å²) < 4.78 is 2.90.